The van der Waals surface area contributed by atoms with E-state index in [1.165, 1.54) is 4.90 Å². The maximum Gasteiger partial charge on any atom is 0.434 e. The number of nitrogens with zero attached hydrogens (tertiary/aromatic N) is 5. The molecule has 1 spiro atoms. The van der Waals surface area contributed by atoms with Crippen molar-refractivity contribution in [3.63, 3.8) is 0 Å². The molecule has 5 rings (SSSR count). The summed E-state index contributed by atoms with van der Waals surface area (Å²) in [5.41, 5.74) is -1.99. The minimum absolute atomic E-state index is 0.124. The lowest BCUT2D eigenvalue weighted by molar-refractivity contribution is -0.243. The zero-order chi connectivity index (χ0) is 27.3. The summed E-state index contributed by atoms with van der Waals surface area (Å²) in [6.07, 6.45) is -6.21. The predicted molar refractivity (Wildman–Crippen MR) is 129 cm³/mol. The highest BCUT2D eigenvalue weighted by atomic mass is 19.4. The Hall–Kier alpha value is -3.02. The molecule has 2 saturated heterocycles. The molecule has 0 bridgehead atoms. The van der Waals surface area contributed by atoms with Gasteiger partial charge < -0.3 is 9.64 Å². The summed E-state index contributed by atoms with van der Waals surface area (Å²) >= 11 is 0. The number of halogens is 5. The predicted octanol–water partition coefficient (Wildman–Crippen LogP) is 4.83. The van der Waals surface area contributed by atoms with Gasteiger partial charge in [0.15, 0.2) is 11.3 Å². The summed E-state index contributed by atoms with van der Waals surface area (Å²) in [5.74, 6) is 0.250. The Morgan fingerprint density at radius 2 is 1.68 bits per heavy atom. The zero-order valence-corrected chi connectivity index (χ0v) is 21.2. The molecule has 2 atom stereocenters. The van der Waals surface area contributed by atoms with Crippen LogP contribution in [0.1, 0.15) is 37.9 Å². The van der Waals surface area contributed by atoms with Crippen LogP contribution in [0.3, 0.4) is 0 Å². The second-order valence-electron chi connectivity index (χ2n) is 11.0. The first-order valence-corrected chi connectivity index (χ1v) is 12.6. The van der Waals surface area contributed by atoms with Gasteiger partial charge in [-0.05, 0) is 19.4 Å². The summed E-state index contributed by atoms with van der Waals surface area (Å²) < 4.78 is 72.3. The maximum atomic E-state index is 14.2. The van der Waals surface area contributed by atoms with E-state index in [9.17, 15) is 26.7 Å². The summed E-state index contributed by atoms with van der Waals surface area (Å²) in [5, 5.41) is 0. The molecule has 1 amide bonds. The third-order valence-corrected chi connectivity index (χ3v) is 7.79. The van der Waals surface area contributed by atoms with Crippen LogP contribution in [0.4, 0.5) is 32.6 Å². The fourth-order valence-corrected chi connectivity index (χ4v) is 6.30. The van der Waals surface area contributed by atoms with Gasteiger partial charge in [0.2, 0.25) is 0 Å². The van der Waals surface area contributed by atoms with E-state index in [-0.39, 0.29) is 37.2 Å². The van der Waals surface area contributed by atoms with Gasteiger partial charge in [0.25, 0.3) is 6.43 Å². The van der Waals surface area contributed by atoms with Gasteiger partial charge in [-0.2, -0.15) is 13.2 Å². The van der Waals surface area contributed by atoms with Crippen LogP contribution in [0.15, 0.2) is 42.7 Å². The molecule has 3 aliphatic rings. The highest BCUT2D eigenvalue weighted by Gasteiger charge is 2.66. The van der Waals surface area contributed by atoms with Crippen LogP contribution >= 0.6 is 0 Å². The van der Waals surface area contributed by atoms with E-state index in [0.717, 1.165) is 18.3 Å². The number of carbonyl (C=O) groups excluding carboxylic acids is 1. The molecular formula is C26H30F5N5O2. The number of aromatic nitrogens is 2. The maximum absolute atomic E-state index is 14.2. The van der Waals surface area contributed by atoms with Crippen molar-refractivity contribution in [2.75, 3.05) is 31.1 Å². The van der Waals surface area contributed by atoms with Crippen LogP contribution < -0.4 is 4.90 Å². The minimum atomic E-state index is -4.59. The summed E-state index contributed by atoms with van der Waals surface area (Å²) in [6.45, 7) is 6.12. The summed E-state index contributed by atoms with van der Waals surface area (Å²) in [4.78, 5) is 25.8. The van der Waals surface area contributed by atoms with Crippen molar-refractivity contribution in [1.82, 2.24) is 19.8 Å². The van der Waals surface area contributed by atoms with Gasteiger partial charge in [-0.3, -0.25) is 9.80 Å². The van der Waals surface area contributed by atoms with E-state index in [1.54, 1.807) is 18.7 Å². The lowest BCUT2D eigenvalue weighted by Crippen LogP contribution is -2.71. The fraction of sp³-hybridized carbons (Fsp3) is 0.577. The molecule has 206 valence electrons. The number of hydrogen-bond donors (Lipinski definition) is 0. The Balaban J connectivity index is 1.18. The van der Waals surface area contributed by atoms with Crippen LogP contribution in [0.25, 0.3) is 0 Å². The second kappa shape index (κ2) is 9.62. The monoisotopic (exact) mass is 539 g/mol. The van der Waals surface area contributed by atoms with E-state index in [2.05, 4.69) is 14.9 Å². The number of carbonyl (C=O) groups is 1. The molecule has 1 aromatic carbocycles. The third-order valence-electron chi connectivity index (χ3n) is 7.79. The van der Waals surface area contributed by atoms with Gasteiger partial charge >= 0.3 is 12.3 Å². The molecule has 1 saturated carbocycles. The molecule has 7 nitrogen and oxygen atoms in total. The topological polar surface area (TPSA) is 61.8 Å². The number of piperazine rings is 1. The Morgan fingerprint density at radius 1 is 1.05 bits per heavy atom. The summed E-state index contributed by atoms with van der Waals surface area (Å²) in [6, 6.07) is 9.06. The van der Waals surface area contributed by atoms with Crippen molar-refractivity contribution in [2.24, 2.45) is 5.41 Å². The molecule has 0 radical (unpaired) electrons. The molecule has 12 heteroatoms. The second-order valence-corrected chi connectivity index (χ2v) is 11.0. The van der Waals surface area contributed by atoms with Crippen molar-refractivity contribution in [3.8, 4) is 0 Å². The van der Waals surface area contributed by atoms with Gasteiger partial charge in [-0.15, -0.1) is 0 Å². The number of benzene rings is 1. The average Bonchev–Trinajstić information content (AvgIpc) is 2.80. The molecule has 3 fully saturated rings. The van der Waals surface area contributed by atoms with Gasteiger partial charge in [0.1, 0.15) is 5.82 Å². The largest absolute Gasteiger partial charge is 0.437 e. The van der Waals surface area contributed by atoms with Crippen molar-refractivity contribution in [3.05, 3.63) is 54.0 Å². The average molecular weight is 540 g/mol. The number of likely N-dealkylation sites (tertiary alicyclic amines) is 1. The van der Waals surface area contributed by atoms with Gasteiger partial charge in [0, 0.05) is 51.0 Å². The van der Waals surface area contributed by atoms with E-state index < -0.39 is 42.1 Å². The molecule has 0 unspecified atom stereocenters. The molecule has 3 heterocycles. The number of ether oxygens (including phenoxy) is 1. The van der Waals surface area contributed by atoms with Gasteiger partial charge in [0.05, 0.1) is 24.5 Å². The first-order chi connectivity index (χ1) is 17.9. The van der Waals surface area contributed by atoms with Gasteiger partial charge in [-0.1, -0.05) is 30.3 Å². The Kier molecular flexibility index (Phi) is 6.73. The standard InChI is InChI=1S/C26H30F5N5O2/c1-17-10-35(21-9-32-20(8-33-21)26(29,30)31)11-18(2)36(17)23(37)38-25(22(27)28)13-24(14-25)15-34(16-24)12-19-6-4-3-5-7-19/h3-9,17-18,22H,10-16H2,1-2H3/t17-,18+. The number of amides is 1. The van der Waals surface area contributed by atoms with Crippen LogP contribution in [0, 0.1) is 5.41 Å². The lowest BCUT2D eigenvalue weighted by atomic mass is 9.55. The first kappa shape index (κ1) is 26.6. The van der Waals surface area contributed by atoms with Crippen molar-refractivity contribution in [2.45, 2.75) is 63.5 Å². The smallest absolute Gasteiger partial charge is 0.434 e. The minimum Gasteiger partial charge on any atom is -0.437 e. The van der Waals surface area contributed by atoms with Crippen LogP contribution in [0.5, 0.6) is 0 Å². The number of anilines is 1. The molecule has 2 aromatic rings. The first-order valence-electron chi connectivity index (χ1n) is 12.6. The number of hydrogen-bond acceptors (Lipinski definition) is 6. The van der Waals surface area contributed by atoms with E-state index >= 15 is 0 Å². The summed E-state index contributed by atoms with van der Waals surface area (Å²) in [7, 11) is 0. The molecular weight excluding hydrogens is 509 g/mol. The SMILES string of the molecule is C[C@@H]1CN(c2cnc(C(F)(F)F)cn2)C[C@H](C)N1C(=O)OC1(C(F)F)CC2(CN(Cc3ccccc3)C2)C1. The Morgan fingerprint density at radius 3 is 2.21 bits per heavy atom. The quantitative estimate of drug-likeness (QED) is 0.508. The van der Waals surface area contributed by atoms with E-state index in [4.69, 9.17) is 4.74 Å². The highest BCUT2D eigenvalue weighted by molar-refractivity contribution is 5.70. The fourth-order valence-electron chi connectivity index (χ4n) is 6.30. The van der Waals surface area contributed by atoms with Crippen LogP contribution in [-0.4, -0.2) is 76.2 Å². The van der Waals surface area contributed by atoms with E-state index in [0.29, 0.717) is 19.3 Å². The normalized spacial score (nSPS) is 24.7. The molecule has 0 N–H and O–H groups in total. The molecule has 38 heavy (non-hydrogen) atoms. The Bertz CT molecular complexity index is 1120. The molecule has 1 aromatic heterocycles. The van der Waals surface area contributed by atoms with Crippen molar-refractivity contribution < 1.29 is 31.5 Å². The highest BCUT2D eigenvalue weighted by Crippen LogP contribution is 2.58. The third kappa shape index (κ3) is 5.02. The van der Waals surface area contributed by atoms with Crippen molar-refractivity contribution >= 4 is 11.9 Å². The van der Waals surface area contributed by atoms with E-state index in [1.807, 2.05) is 30.3 Å². The number of alkyl halides is 5. The van der Waals surface area contributed by atoms with Crippen molar-refractivity contribution in [1.29, 1.82) is 0 Å². The Labute approximate surface area is 217 Å². The van der Waals surface area contributed by atoms with Crippen LogP contribution in [-0.2, 0) is 17.5 Å². The van der Waals surface area contributed by atoms with Gasteiger partial charge in [-0.25, -0.2) is 23.5 Å². The molecule has 1 aliphatic carbocycles. The van der Waals surface area contributed by atoms with Crippen LogP contribution in [0.2, 0.25) is 0 Å². The number of rotatable bonds is 5. The molecule has 2 aliphatic heterocycles. The lowest BCUT2D eigenvalue weighted by Gasteiger charge is -2.63. The zero-order valence-electron chi connectivity index (χ0n) is 21.2.